The van der Waals surface area contributed by atoms with Crippen molar-refractivity contribution >= 4 is 5.91 Å². The van der Waals surface area contributed by atoms with Crippen LogP contribution in [0.3, 0.4) is 0 Å². The van der Waals surface area contributed by atoms with Gasteiger partial charge in [0.15, 0.2) is 0 Å². The van der Waals surface area contributed by atoms with Crippen molar-refractivity contribution in [1.82, 2.24) is 0 Å². The molecule has 4 nitrogen and oxygen atoms in total. The molecule has 4 heteroatoms. The lowest BCUT2D eigenvalue weighted by Gasteiger charge is -2.09. The van der Waals surface area contributed by atoms with Crippen molar-refractivity contribution < 1.29 is 15.0 Å². The lowest BCUT2D eigenvalue weighted by Crippen LogP contribution is -2.12. The van der Waals surface area contributed by atoms with Crippen LogP contribution in [0.2, 0.25) is 0 Å². The molecule has 0 aliphatic heterocycles. The highest BCUT2D eigenvalue weighted by Crippen LogP contribution is 2.20. The number of hydrogen-bond acceptors (Lipinski definition) is 3. The molecular formula is C10H13NO3. The van der Waals surface area contributed by atoms with Gasteiger partial charge in [0, 0.05) is 6.42 Å². The number of nitrogens with two attached hydrogens (primary N) is 1. The van der Waals surface area contributed by atoms with Crippen LogP contribution in [0.15, 0.2) is 24.3 Å². The minimum absolute atomic E-state index is 0.149. The number of phenols is 1. The fourth-order valence-corrected chi connectivity index (χ4v) is 1.14. The molecule has 4 N–H and O–H groups in total. The molecule has 76 valence electrons. The summed E-state index contributed by atoms with van der Waals surface area (Å²) in [6.45, 7) is 0. The van der Waals surface area contributed by atoms with Crippen molar-refractivity contribution in [2.75, 3.05) is 0 Å². The number of benzene rings is 1. The van der Waals surface area contributed by atoms with E-state index < -0.39 is 12.0 Å². The summed E-state index contributed by atoms with van der Waals surface area (Å²) in [5, 5.41) is 18.6. The van der Waals surface area contributed by atoms with Crippen LogP contribution in [-0.4, -0.2) is 16.1 Å². The maximum absolute atomic E-state index is 10.5. The highest BCUT2D eigenvalue weighted by molar-refractivity contribution is 5.73. The Balaban J connectivity index is 2.56. The van der Waals surface area contributed by atoms with Crippen LogP contribution in [0.25, 0.3) is 0 Å². The van der Waals surface area contributed by atoms with E-state index in [1.807, 2.05) is 0 Å². The number of aliphatic hydroxyl groups excluding tert-OH is 1. The van der Waals surface area contributed by atoms with E-state index in [0.29, 0.717) is 12.0 Å². The molecule has 0 saturated heterocycles. The third-order valence-corrected chi connectivity index (χ3v) is 1.94. The van der Waals surface area contributed by atoms with Gasteiger partial charge in [-0.2, -0.15) is 0 Å². The number of rotatable bonds is 4. The van der Waals surface area contributed by atoms with Gasteiger partial charge in [-0.15, -0.1) is 0 Å². The summed E-state index contributed by atoms with van der Waals surface area (Å²) in [6, 6.07) is 6.20. The molecule has 1 aromatic rings. The standard InChI is InChI=1S/C10H13NO3/c11-10(14)6-5-9(13)7-1-3-8(12)4-2-7/h1-4,9,12-13H,5-6H2,(H2,11,14). The second-order valence-corrected chi connectivity index (χ2v) is 3.11. The molecule has 0 aliphatic carbocycles. The first-order valence-electron chi connectivity index (χ1n) is 4.35. The van der Waals surface area contributed by atoms with Crippen molar-refractivity contribution in [1.29, 1.82) is 0 Å². The number of aromatic hydroxyl groups is 1. The summed E-state index contributed by atoms with van der Waals surface area (Å²) in [5.41, 5.74) is 5.62. The van der Waals surface area contributed by atoms with Crippen LogP contribution in [0.5, 0.6) is 5.75 Å². The average Bonchev–Trinajstić information content (AvgIpc) is 2.15. The number of primary amides is 1. The second-order valence-electron chi connectivity index (χ2n) is 3.11. The largest absolute Gasteiger partial charge is 0.508 e. The van der Waals surface area contributed by atoms with Crippen LogP contribution in [0.4, 0.5) is 0 Å². The first-order valence-corrected chi connectivity index (χ1v) is 4.35. The summed E-state index contributed by atoms with van der Waals surface area (Å²) in [7, 11) is 0. The lowest BCUT2D eigenvalue weighted by molar-refractivity contribution is -0.118. The highest BCUT2D eigenvalue weighted by atomic mass is 16.3. The quantitative estimate of drug-likeness (QED) is 0.661. The molecule has 0 heterocycles. The van der Waals surface area contributed by atoms with Crippen LogP contribution < -0.4 is 5.73 Å². The molecule has 1 amide bonds. The van der Waals surface area contributed by atoms with Gasteiger partial charge < -0.3 is 15.9 Å². The minimum Gasteiger partial charge on any atom is -0.508 e. The van der Waals surface area contributed by atoms with Gasteiger partial charge in [0.25, 0.3) is 0 Å². The van der Waals surface area contributed by atoms with Crippen molar-refractivity contribution in [3.05, 3.63) is 29.8 Å². The fraction of sp³-hybridized carbons (Fsp3) is 0.300. The SMILES string of the molecule is NC(=O)CCC(O)c1ccc(O)cc1. The van der Waals surface area contributed by atoms with Crippen LogP contribution >= 0.6 is 0 Å². The number of carbonyl (C=O) groups excluding carboxylic acids is 1. The van der Waals surface area contributed by atoms with Crippen LogP contribution in [0, 0.1) is 0 Å². The third kappa shape index (κ3) is 3.06. The van der Waals surface area contributed by atoms with Crippen LogP contribution in [-0.2, 0) is 4.79 Å². The number of carbonyl (C=O) groups is 1. The van der Waals surface area contributed by atoms with E-state index in [-0.39, 0.29) is 12.2 Å². The van der Waals surface area contributed by atoms with E-state index in [2.05, 4.69) is 0 Å². The van der Waals surface area contributed by atoms with Gasteiger partial charge in [0.1, 0.15) is 5.75 Å². The Hall–Kier alpha value is -1.55. The monoisotopic (exact) mass is 195 g/mol. The molecule has 0 spiro atoms. The predicted octanol–water partition coefficient (Wildman–Crippen LogP) is 0.691. The van der Waals surface area contributed by atoms with E-state index in [0.717, 1.165) is 0 Å². The number of phenolic OH excluding ortho intramolecular Hbond substituents is 1. The summed E-state index contributed by atoms with van der Waals surface area (Å²) >= 11 is 0. The maximum Gasteiger partial charge on any atom is 0.217 e. The molecule has 1 atom stereocenters. The van der Waals surface area contributed by atoms with Crippen molar-refractivity contribution in [2.24, 2.45) is 5.73 Å². The van der Waals surface area contributed by atoms with Crippen molar-refractivity contribution in [3.63, 3.8) is 0 Å². The number of amides is 1. The van der Waals surface area contributed by atoms with Crippen LogP contribution in [0.1, 0.15) is 24.5 Å². The van der Waals surface area contributed by atoms with E-state index >= 15 is 0 Å². The zero-order valence-electron chi connectivity index (χ0n) is 7.68. The molecule has 0 fully saturated rings. The van der Waals surface area contributed by atoms with Crippen molar-refractivity contribution in [2.45, 2.75) is 18.9 Å². The first-order chi connectivity index (χ1) is 6.59. The molecule has 14 heavy (non-hydrogen) atoms. The van der Waals surface area contributed by atoms with Gasteiger partial charge >= 0.3 is 0 Å². The van der Waals surface area contributed by atoms with Crippen molar-refractivity contribution in [3.8, 4) is 5.75 Å². The average molecular weight is 195 g/mol. The van der Waals surface area contributed by atoms with Gasteiger partial charge in [-0.3, -0.25) is 4.79 Å². The zero-order valence-corrected chi connectivity index (χ0v) is 7.68. The summed E-state index contributed by atoms with van der Waals surface area (Å²) in [4.78, 5) is 10.5. The maximum atomic E-state index is 10.5. The Morgan fingerprint density at radius 1 is 1.36 bits per heavy atom. The molecule has 0 bridgehead atoms. The Bertz CT molecular complexity index is 308. The Labute approximate surface area is 82.0 Å². The Morgan fingerprint density at radius 2 is 1.93 bits per heavy atom. The Morgan fingerprint density at radius 3 is 2.43 bits per heavy atom. The molecule has 0 aromatic heterocycles. The van der Waals surface area contributed by atoms with Gasteiger partial charge in [-0.05, 0) is 24.1 Å². The van der Waals surface area contributed by atoms with E-state index in [9.17, 15) is 9.90 Å². The molecule has 1 unspecified atom stereocenters. The van der Waals surface area contributed by atoms with Gasteiger partial charge in [0.05, 0.1) is 6.10 Å². The summed E-state index contributed by atoms with van der Waals surface area (Å²) in [5.74, 6) is -0.279. The van der Waals surface area contributed by atoms with Gasteiger partial charge in [-0.25, -0.2) is 0 Å². The normalized spacial score (nSPS) is 12.4. The fourth-order valence-electron chi connectivity index (χ4n) is 1.14. The smallest absolute Gasteiger partial charge is 0.217 e. The Kier molecular flexibility index (Phi) is 3.48. The first kappa shape index (κ1) is 10.5. The van der Waals surface area contributed by atoms with Gasteiger partial charge in [-0.1, -0.05) is 12.1 Å². The molecular weight excluding hydrogens is 182 g/mol. The topological polar surface area (TPSA) is 83.6 Å². The molecule has 1 aromatic carbocycles. The summed E-state index contributed by atoms with van der Waals surface area (Å²) in [6.07, 6.45) is -0.245. The number of hydrogen-bond donors (Lipinski definition) is 3. The second kappa shape index (κ2) is 4.62. The number of aliphatic hydroxyl groups is 1. The van der Waals surface area contributed by atoms with E-state index in [4.69, 9.17) is 10.8 Å². The molecule has 0 radical (unpaired) electrons. The highest BCUT2D eigenvalue weighted by Gasteiger charge is 2.08. The third-order valence-electron chi connectivity index (χ3n) is 1.94. The predicted molar refractivity (Wildman–Crippen MR) is 51.5 cm³/mol. The minimum atomic E-state index is -0.705. The zero-order chi connectivity index (χ0) is 10.6. The van der Waals surface area contributed by atoms with Gasteiger partial charge in [0.2, 0.25) is 5.91 Å². The van der Waals surface area contributed by atoms with E-state index in [1.54, 1.807) is 12.1 Å². The lowest BCUT2D eigenvalue weighted by atomic mass is 10.0. The van der Waals surface area contributed by atoms with E-state index in [1.165, 1.54) is 12.1 Å². The molecule has 0 aliphatic rings. The summed E-state index contributed by atoms with van der Waals surface area (Å²) < 4.78 is 0. The molecule has 0 saturated carbocycles. The molecule has 1 rings (SSSR count).